The van der Waals surface area contributed by atoms with Crippen molar-refractivity contribution in [3.8, 4) is 6.07 Å². The Morgan fingerprint density at radius 2 is 1.94 bits per heavy atom. The molecule has 0 saturated heterocycles. The van der Waals surface area contributed by atoms with Gasteiger partial charge in [0.1, 0.15) is 5.84 Å². The smallest absolute Gasteiger partial charge is 0.117 e. The molecule has 4 nitrogen and oxygen atoms in total. The van der Waals surface area contributed by atoms with E-state index < -0.39 is 0 Å². The van der Waals surface area contributed by atoms with Crippen LogP contribution in [-0.2, 0) is 0 Å². The van der Waals surface area contributed by atoms with Crippen molar-refractivity contribution in [2.75, 3.05) is 13.2 Å². The zero-order valence-electron chi connectivity index (χ0n) is 11.6. The molecule has 0 unspecified atom stereocenters. The summed E-state index contributed by atoms with van der Waals surface area (Å²) in [6, 6.07) is 1.99. The van der Waals surface area contributed by atoms with Crippen LogP contribution in [0.1, 0.15) is 47.0 Å². The molecule has 0 aromatic rings. The van der Waals surface area contributed by atoms with Gasteiger partial charge in [-0.25, -0.2) is 0 Å². The van der Waals surface area contributed by atoms with Crippen molar-refractivity contribution < 1.29 is 5.11 Å². The van der Waals surface area contributed by atoms with Gasteiger partial charge in [-0.2, -0.15) is 5.26 Å². The van der Waals surface area contributed by atoms with Crippen molar-refractivity contribution in [1.82, 2.24) is 0 Å². The average molecular weight is 241 g/mol. The Morgan fingerprint density at radius 3 is 2.29 bits per heavy atom. The molecule has 0 radical (unpaired) electrons. The quantitative estimate of drug-likeness (QED) is 0.441. The Labute approximate surface area is 106 Å². The van der Waals surface area contributed by atoms with Gasteiger partial charge < -0.3 is 10.8 Å². The predicted octanol–water partition coefficient (Wildman–Crippen LogP) is 2.64. The number of aliphatic hydroxyl groups is 1. The molecule has 0 amide bonds. The first kappa shape index (κ1) is 21.0. The maximum atomic E-state index is 8.18. The van der Waals surface area contributed by atoms with E-state index in [4.69, 9.17) is 16.1 Å². The van der Waals surface area contributed by atoms with Crippen molar-refractivity contribution in [1.29, 1.82) is 5.26 Å². The number of nitriles is 1. The lowest BCUT2D eigenvalue weighted by molar-refractivity contribution is 0.295. The minimum absolute atomic E-state index is 0.319. The maximum absolute atomic E-state index is 8.18. The Morgan fingerprint density at radius 1 is 1.41 bits per heavy atom. The van der Waals surface area contributed by atoms with Gasteiger partial charge in [-0.3, -0.25) is 4.99 Å². The molecule has 100 valence electrons. The van der Waals surface area contributed by atoms with E-state index in [-0.39, 0.29) is 0 Å². The summed E-state index contributed by atoms with van der Waals surface area (Å²) in [5.41, 5.74) is 5.45. The minimum atomic E-state index is 0.319. The molecule has 0 saturated carbocycles. The maximum Gasteiger partial charge on any atom is 0.117 e. The van der Waals surface area contributed by atoms with E-state index in [0.29, 0.717) is 25.4 Å². The van der Waals surface area contributed by atoms with Crippen molar-refractivity contribution in [3.05, 3.63) is 12.2 Å². The van der Waals surface area contributed by atoms with E-state index in [1.807, 2.05) is 39.8 Å². The van der Waals surface area contributed by atoms with Crippen LogP contribution in [0.3, 0.4) is 0 Å². The summed E-state index contributed by atoms with van der Waals surface area (Å²) in [4.78, 5) is 3.94. The minimum Gasteiger partial charge on any atom is -0.396 e. The van der Waals surface area contributed by atoms with Gasteiger partial charge >= 0.3 is 0 Å². The SMILES string of the molecule is CC.CC/C=C\C(N)=NCCC#N.CCCO. The monoisotopic (exact) mass is 241 g/mol. The Balaban J connectivity index is -0.000000275. The van der Waals surface area contributed by atoms with Gasteiger partial charge in [0.25, 0.3) is 0 Å². The van der Waals surface area contributed by atoms with Gasteiger partial charge in [0.05, 0.1) is 19.0 Å². The molecule has 0 rings (SSSR count). The Bertz CT molecular complexity index is 215. The molecular formula is C13H27N3O. The average Bonchev–Trinajstić information content (AvgIpc) is 2.39. The second-order valence-corrected chi connectivity index (χ2v) is 2.75. The number of hydrogen-bond donors (Lipinski definition) is 2. The summed E-state index contributed by atoms with van der Waals surface area (Å²) in [6.07, 6.45) is 5.96. The lowest BCUT2D eigenvalue weighted by Crippen LogP contribution is -2.08. The van der Waals surface area contributed by atoms with Crippen molar-refractivity contribution in [2.24, 2.45) is 10.7 Å². The molecule has 3 N–H and O–H groups in total. The van der Waals surface area contributed by atoms with Crippen LogP contribution >= 0.6 is 0 Å². The van der Waals surface area contributed by atoms with E-state index in [1.54, 1.807) is 6.08 Å². The van der Waals surface area contributed by atoms with E-state index in [9.17, 15) is 0 Å². The molecule has 0 aliphatic carbocycles. The highest BCUT2D eigenvalue weighted by Gasteiger charge is 1.82. The largest absolute Gasteiger partial charge is 0.396 e. The third kappa shape index (κ3) is 31.3. The molecule has 0 aliphatic heterocycles. The summed E-state index contributed by atoms with van der Waals surface area (Å²) >= 11 is 0. The van der Waals surface area contributed by atoms with E-state index in [2.05, 4.69) is 4.99 Å². The van der Waals surface area contributed by atoms with Crippen molar-refractivity contribution in [2.45, 2.75) is 47.0 Å². The third-order valence-corrected chi connectivity index (χ3v) is 1.27. The van der Waals surface area contributed by atoms with Crippen LogP contribution in [0.4, 0.5) is 0 Å². The molecule has 0 atom stereocenters. The summed E-state index contributed by atoms with van der Waals surface area (Å²) in [6.45, 7) is 8.77. The van der Waals surface area contributed by atoms with Crippen LogP contribution in [0, 0.1) is 11.3 Å². The van der Waals surface area contributed by atoms with Gasteiger partial charge in [0.15, 0.2) is 0 Å². The lowest BCUT2D eigenvalue weighted by atomic mass is 10.4. The topological polar surface area (TPSA) is 82.4 Å². The molecule has 0 heterocycles. The molecule has 0 aromatic carbocycles. The number of allylic oxidation sites excluding steroid dienone is 1. The number of nitrogens with zero attached hydrogens (tertiary/aromatic N) is 2. The van der Waals surface area contributed by atoms with Crippen LogP contribution in [-0.4, -0.2) is 24.1 Å². The Hall–Kier alpha value is -1.34. The van der Waals surface area contributed by atoms with Gasteiger partial charge in [-0.15, -0.1) is 0 Å². The molecule has 0 fully saturated rings. The number of hydrogen-bond acceptors (Lipinski definition) is 3. The fraction of sp³-hybridized carbons (Fsp3) is 0.692. The first-order chi connectivity index (χ1) is 8.22. The summed E-state index contributed by atoms with van der Waals surface area (Å²) < 4.78 is 0. The van der Waals surface area contributed by atoms with Gasteiger partial charge in [0.2, 0.25) is 0 Å². The first-order valence-electron chi connectivity index (χ1n) is 6.17. The second kappa shape index (κ2) is 24.1. The zero-order chi connectivity index (χ0) is 13.9. The molecule has 0 spiro atoms. The zero-order valence-corrected chi connectivity index (χ0v) is 11.6. The fourth-order valence-electron chi connectivity index (χ4n) is 0.526. The first-order valence-corrected chi connectivity index (χ1v) is 6.17. The third-order valence-electron chi connectivity index (χ3n) is 1.27. The van der Waals surface area contributed by atoms with Crippen LogP contribution in [0.25, 0.3) is 0 Å². The number of nitrogens with two attached hydrogens (primary N) is 1. The van der Waals surface area contributed by atoms with Crippen LogP contribution in [0.2, 0.25) is 0 Å². The van der Waals surface area contributed by atoms with Gasteiger partial charge in [-0.05, 0) is 18.9 Å². The lowest BCUT2D eigenvalue weighted by Gasteiger charge is -1.89. The fourth-order valence-corrected chi connectivity index (χ4v) is 0.526. The molecule has 0 aromatic heterocycles. The van der Waals surface area contributed by atoms with Gasteiger partial charge in [-0.1, -0.05) is 33.8 Å². The highest BCUT2D eigenvalue weighted by molar-refractivity contribution is 5.91. The molecule has 17 heavy (non-hydrogen) atoms. The Kier molecular flexibility index (Phi) is 29.7. The number of aliphatic hydroxyl groups excluding tert-OH is 1. The molecule has 4 heteroatoms. The van der Waals surface area contributed by atoms with E-state index in [0.717, 1.165) is 12.8 Å². The van der Waals surface area contributed by atoms with Crippen LogP contribution in [0.5, 0.6) is 0 Å². The highest BCUT2D eigenvalue weighted by atomic mass is 16.2. The van der Waals surface area contributed by atoms with Crippen LogP contribution in [0.15, 0.2) is 17.1 Å². The van der Waals surface area contributed by atoms with Crippen molar-refractivity contribution >= 4 is 5.84 Å². The summed E-state index contributed by atoms with van der Waals surface area (Å²) in [5.74, 6) is 0.502. The standard InChI is InChI=1S/C8H13N3.C3H8O.C2H6/c1-2-3-5-8(10)11-7-4-6-9;1-2-3-4;1-2/h3,5H,2,4,7H2,1H3,(H2,10,11);4H,2-3H2,1H3;1-2H3/b5-3-;;. The number of amidine groups is 1. The number of rotatable bonds is 5. The van der Waals surface area contributed by atoms with E-state index >= 15 is 0 Å². The predicted molar refractivity (Wildman–Crippen MR) is 74.9 cm³/mol. The summed E-state index contributed by atoms with van der Waals surface area (Å²) in [5, 5.41) is 16.1. The second-order valence-electron chi connectivity index (χ2n) is 2.75. The molecular weight excluding hydrogens is 214 g/mol. The highest BCUT2D eigenvalue weighted by Crippen LogP contribution is 1.82. The molecule has 0 aliphatic rings. The van der Waals surface area contributed by atoms with E-state index in [1.165, 1.54) is 0 Å². The molecule has 0 bridgehead atoms. The van der Waals surface area contributed by atoms with Gasteiger partial charge in [0, 0.05) is 6.61 Å². The van der Waals surface area contributed by atoms with Crippen molar-refractivity contribution in [3.63, 3.8) is 0 Å². The number of aliphatic imine (C=N–C) groups is 1. The van der Waals surface area contributed by atoms with Crippen LogP contribution < -0.4 is 5.73 Å². The summed E-state index contributed by atoms with van der Waals surface area (Å²) in [7, 11) is 0. The normalized spacial score (nSPS) is 9.76.